The molecule has 1 aromatic carbocycles. The van der Waals surface area contributed by atoms with Gasteiger partial charge in [-0.15, -0.1) is 11.8 Å². The van der Waals surface area contributed by atoms with Gasteiger partial charge in [0.15, 0.2) is 0 Å². The number of hydrogen-bond donors (Lipinski definition) is 2. The molecule has 0 radical (unpaired) electrons. The molecule has 0 amide bonds. The molecule has 33 heavy (non-hydrogen) atoms. The number of aliphatic hydroxyl groups excluding tert-OH is 1. The molecule has 7 nitrogen and oxygen atoms in total. The molecule has 1 aliphatic rings. The number of aromatic nitrogens is 2. The van der Waals surface area contributed by atoms with Gasteiger partial charge in [-0.1, -0.05) is 24.6 Å². The van der Waals surface area contributed by atoms with Gasteiger partial charge >= 0.3 is 0 Å². The standard InChI is InChI=1S/C25H23N5O2S/c26-12-19-23(17-7-9-18(10-8-17)32-22-6-2-1-5-21(22)31)20(13-27)25(30-24(19)28)33-15-16-4-3-11-29-14-16/h3-4,7-11,14,21-22,31H,1-2,5-6,15H2,(H2,28,30)/t21-,22-/m0/s1. The van der Waals surface area contributed by atoms with Gasteiger partial charge < -0.3 is 15.6 Å². The van der Waals surface area contributed by atoms with E-state index >= 15 is 0 Å². The number of aliphatic hydroxyl groups is 1. The highest BCUT2D eigenvalue weighted by Gasteiger charge is 2.25. The Balaban J connectivity index is 1.65. The summed E-state index contributed by atoms with van der Waals surface area (Å²) in [5.41, 5.74) is 8.73. The fraction of sp³-hybridized carbons (Fsp3) is 0.280. The Hall–Kier alpha value is -3.59. The quantitative estimate of drug-likeness (QED) is 0.520. The van der Waals surface area contributed by atoms with Crippen LogP contribution < -0.4 is 10.5 Å². The summed E-state index contributed by atoms with van der Waals surface area (Å²) in [6.45, 7) is 0. The Kier molecular flexibility index (Phi) is 7.09. The van der Waals surface area contributed by atoms with Gasteiger partial charge in [0.2, 0.25) is 0 Å². The van der Waals surface area contributed by atoms with E-state index in [4.69, 9.17) is 10.5 Å². The van der Waals surface area contributed by atoms with Crippen molar-refractivity contribution in [3.05, 3.63) is 65.5 Å². The molecule has 1 saturated carbocycles. The number of nitrogens with zero attached hydrogens (tertiary/aromatic N) is 4. The first-order chi connectivity index (χ1) is 16.1. The lowest BCUT2D eigenvalue weighted by atomic mass is 9.94. The van der Waals surface area contributed by atoms with Crippen molar-refractivity contribution in [3.8, 4) is 29.0 Å². The zero-order valence-electron chi connectivity index (χ0n) is 17.9. The lowest BCUT2D eigenvalue weighted by Gasteiger charge is -2.28. The number of hydrogen-bond acceptors (Lipinski definition) is 8. The molecule has 0 aliphatic heterocycles. The van der Waals surface area contributed by atoms with Crippen LogP contribution in [0.1, 0.15) is 42.4 Å². The first-order valence-electron chi connectivity index (χ1n) is 10.7. The minimum atomic E-state index is -0.465. The lowest BCUT2D eigenvalue weighted by molar-refractivity contribution is 0.00688. The van der Waals surface area contributed by atoms with Crippen LogP contribution in [0.3, 0.4) is 0 Å². The van der Waals surface area contributed by atoms with Crippen molar-refractivity contribution in [3.63, 3.8) is 0 Å². The van der Waals surface area contributed by atoms with Crippen LogP contribution >= 0.6 is 11.8 Å². The van der Waals surface area contributed by atoms with E-state index in [2.05, 4.69) is 22.1 Å². The summed E-state index contributed by atoms with van der Waals surface area (Å²) in [7, 11) is 0. The SMILES string of the molecule is N#Cc1c(N)nc(SCc2cccnc2)c(C#N)c1-c1ccc(O[C@H]2CCCC[C@@H]2O)cc1. The van der Waals surface area contributed by atoms with Crippen molar-refractivity contribution in [2.75, 3.05) is 5.73 Å². The van der Waals surface area contributed by atoms with E-state index in [0.29, 0.717) is 33.2 Å². The van der Waals surface area contributed by atoms with Gasteiger partial charge in [0.05, 0.1) is 11.7 Å². The molecule has 4 rings (SSSR count). The third kappa shape index (κ3) is 5.09. The lowest BCUT2D eigenvalue weighted by Crippen LogP contribution is -2.34. The fourth-order valence-corrected chi connectivity index (χ4v) is 4.85. The zero-order valence-corrected chi connectivity index (χ0v) is 18.8. The number of nitriles is 2. The van der Waals surface area contributed by atoms with Crippen molar-refractivity contribution in [2.45, 2.75) is 48.7 Å². The molecule has 1 fully saturated rings. The monoisotopic (exact) mass is 457 g/mol. The number of thioether (sulfide) groups is 1. The number of nitrogens with two attached hydrogens (primary N) is 1. The second kappa shape index (κ2) is 10.4. The molecule has 2 heterocycles. The maximum absolute atomic E-state index is 10.2. The van der Waals surface area contributed by atoms with E-state index < -0.39 is 6.10 Å². The van der Waals surface area contributed by atoms with Crippen LogP contribution in [0, 0.1) is 22.7 Å². The Labute approximate surface area is 196 Å². The van der Waals surface area contributed by atoms with Gasteiger partial charge in [-0.05, 0) is 48.6 Å². The third-order valence-corrected chi connectivity index (χ3v) is 6.66. The molecule has 2 aromatic heterocycles. The Morgan fingerprint density at radius 2 is 1.85 bits per heavy atom. The first-order valence-corrected chi connectivity index (χ1v) is 11.7. The summed E-state index contributed by atoms with van der Waals surface area (Å²) >= 11 is 1.38. The first kappa shape index (κ1) is 22.6. The van der Waals surface area contributed by atoms with E-state index in [1.54, 1.807) is 36.7 Å². The van der Waals surface area contributed by atoms with E-state index in [1.165, 1.54) is 11.8 Å². The summed E-state index contributed by atoms with van der Waals surface area (Å²) < 4.78 is 5.98. The highest BCUT2D eigenvalue weighted by atomic mass is 32.2. The predicted molar refractivity (Wildman–Crippen MR) is 126 cm³/mol. The molecule has 2 atom stereocenters. The van der Waals surface area contributed by atoms with Crippen molar-refractivity contribution in [2.24, 2.45) is 0 Å². The van der Waals surface area contributed by atoms with E-state index in [0.717, 1.165) is 31.2 Å². The highest BCUT2D eigenvalue weighted by Crippen LogP contribution is 2.37. The molecule has 3 N–H and O–H groups in total. The molecule has 3 aromatic rings. The number of rotatable bonds is 6. The van der Waals surface area contributed by atoms with Crippen LogP contribution in [-0.2, 0) is 5.75 Å². The molecule has 8 heteroatoms. The molecular formula is C25H23N5O2S. The third-order valence-electron chi connectivity index (χ3n) is 5.61. The van der Waals surface area contributed by atoms with Crippen LogP contribution in [0.4, 0.5) is 5.82 Å². The van der Waals surface area contributed by atoms with Crippen molar-refractivity contribution < 1.29 is 9.84 Å². The van der Waals surface area contributed by atoms with E-state index in [1.807, 2.05) is 12.1 Å². The molecule has 1 aliphatic carbocycles. The van der Waals surface area contributed by atoms with Gasteiger partial charge in [0, 0.05) is 23.7 Å². The van der Waals surface area contributed by atoms with Crippen LogP contribution in [0.25, 0.3) is 11.1 Å². The summed E-state index contributed by atoms with van der Waals surface area (Å²) in [6, 6.07) is 15.3. The Morgan fingerprint density at radius 3 is 2.52 bits per heavy atom. The summed E-state index contributed by atoms with van der Waals surface area (Å²) in [5.74, 6) is 1.29. The molecule has 0 bridgehead atoms. The Morgan fingerprint density at radius 1 is 1.09 bits per heavy atom. The van der Waals surface area contributed by atoms with Crippen molar-refractivity contribution in [1.29, 1.82) is 10.5 Å². The minimum Gasteiger partial charge on any atom is -0.488 e. The topological polar surface area (TPSA) is 129 Å². The van der Waals surface area contributed by atoms with Gasteiger partial charge in [-0.25, -0.2) is 4.98 Å². The van der Waals surface area contributed by atoms with Gasteiger partial charge in [-0.3, -0.25) is 4.98 Å². The molecule has 0 unspecified atom stereocenters. The van der Waals surface area contributed by atoms with Crippen LogP contribution in [0.5, 0.6) is 5.75 Å². The minimum absolute atomic E-state index is 0.0887. The van der Waals surface area contributed by atoms with Crippen LogP contribution in [0.15, 0.2) is 53.8 Å². The highest BCUT2D eigenvalue weighted by molar-refractivity contribution is 7.98. The maximum atomic E-state index is 10.2. The predicted octanol–water partition coefficient (Wildman–Crippen LogP) is 4.44. The average molecular weight is 458 g/mol. The fourth-order valence-electron chi connectivity index (χ4n) is 3.92. The number of anilines is 1. The van der Waals surface area contributed by atoms with E-state index in [-0.39, 0.29) is 17.5 Å². The summed E-state index contributed by atoms with van der Waals surface area (Å²) in [4.78, 5) is 8.45. The van der Waals surface area contributed by atoms with Crippen molar-refractivity contribution in [1.82, 2.24) is 9.97 Å². The second-order valence-corrected chi connectivity index (χ2v) is 8.80. The zero-order chi connectivity index (χ0) is 23.2. The van der Waals surface area contributed by atoms with Gasteiger partial charge in [-0.2, -0.15) is 10.5 Å². The van der Waals surface area contributed by atoms with Crippen LogP contribution in [0.2, 0.25) is 0 Å². The van der Waals surface area contributed by atoms with Gasteiger partial charge in [0.25, 0.3) is 0 Å². The van der Waals surface area contributed by atoms with Gasteiger partial charge in [0.1, 0.15) is 40.4 Å². The molecular weight excluding hydrogens is 434 g/mol. The second-order valence-electron chi connectivity index (χ2n) is 7.83. The van der Waals surface area contributed by atoms with E-state index in [9.17, 15) is 15.6 Å². The number of pyridine rings is 2. The van der Waals surface area contributed by atoms with Crippen LogP contribution in [-0.4, -0.2) is 27.3 Å². The number of ether oxygens (including phenoxy) is 1. The summed E-state index contributed by atoms with van der Waals surface area (Å²) in [5, 5.41) is 30.3. The van der Waals surface area contributed by atoms with Crippen molar-refractivity contribution >= 4 is 17.6 Å². The average Bonchev–Trinajstić information content (AvgIpc) is 2.85. The normalized spacial score (nSPS) is 17.7. The molecule has 166 valence electrons. The summed E-state index contributed by atoms with van der Waals surface area (Å²) in [6.07, 6.45) is 6.38. The molecule has 0 saturated heterocycles. The largest absolute Gasteiger partial charge is 0.488 e. The molecule has 0 spiro atoms. The maximum Gasteiger partial charge on any atom is 0.143 e. The Bertz CT molecular complexity index is 1200. The number of nitrogen functional groups attached to an aromatic ring is 1. The number of benzene rings is 1. The smallest absolute Gasteiger partial charge is 0.143 e.